The normalized spacial score (nSPS) is 23.0. The van der Waals surface area contributed by atoms with E-state index in [1.165, 1.54) is 25.1 Å². The maximum Gasteiger partial charge on any atom is 0.214 e. The van der Waals surface area contributed by atoms with Crippen LogP contribution in [0.15, 0.2) is 24.5 Å². The number of hydrogen-bond acceptors (Lipinski definition) is 5. The maximum atomic E-state index is 13.2. The van der Waals surface area contributed by atoms with Crippen LogP contribution in [0.5, 0.6) is 0 Å². The molecular formula is C19H23FN4O2. The largest absolute Gasteiger partial charge is 0.378 e. The van der Waals surface area contributed by atoms with Gasteiger partial charge in [0.25, 0.3) is 0 Å². The molecule has 2 aliphatic carbocycles. The first-order valence-corrected chi connectivity index (χ1v) is 9.26. The number of carbonyl (C=O) groups excluding carboxylic acids is 1. The number of nitrogens with zero attached hydrogens (tertiary/aromatic N) is 3. The van der Waals surface area contributed by atoms with Gasteiger partial charge in [-0.2, -0.15) is 9.49 Å². The minimum atomic E-state index is -0.577. The molecule has 2 fully saturated rings. The van der Waals surface area contributed by atoms with Gasteiger partial charge in [0.15, 0.2) is 12.1 Å². The second-order valence-corrected chi connectivity index (χ2v) is 7.23. The van der Waals surface area contributed by atoms with Gasteiger partial charge in [0.2, 0.25) is 5.95 Å². The van der Waals surface area contributed by atoms with Crippen molar-refractivity contribution in [2.24, 2.45) is 5.92 Å². The molecule has 7 heteroatoms. The molecular weight excluding hydrogens is 335 g/mol. The van der Waals surface area contributed by atoms with Crippen LogP contribution >= 0.6 is 0 Å². The molecule has 0 unspecified atom stereocenters. The Morgan fingerprint density at radius 2 is 2.08 bits per heavy atom. The van der Waals surface area contributed by atoms with E-state index in [0.29, 0.717) is 23.2 Å². The molecule has 2 heterocycles. The molecule has 2 saturated carbocycles. The molecule has 2 aromatic heterocycles. The summed E-state index contributed by atoms with van der Waals surface area (Å²) < 4.78 is 21.1. The van der Waals surface area contributed by atoms with Crippen LogP contribution in [-0.4, -0.2) is 33.8 Å². The summed E-state index contributed by atoms with van der Waals surface area (Å²) in [4.78, 5) is 14.9. The van der Waals surface area contributed by atoms with Crippen LogP contribution in [-0.2, 0) is 4.74 Å². The zero-order valence-electron chi connectivity index (χ0n) is 14.6. The van der Waals surface area contributed by atoms with Crippen LogP contribution in [0.1, 0.15) is 54.9 Å². The van der Waals surface area contributed by atoms with Crippen LogP contribution < -0.4 is 5.32 Å². The Labute approximate surface area is 151 Å². The molecule has 6 nitrogen and oxygen atoms in total. The first kappa shape index (κ1) is 17.1. The van der Waals surface area contributed by atoms with Crippen molar-refractivity contribution in [3.05, 3.63) is 36.0 Å². The molecule has 0 saturated heterocycles. The number of pyridine rings is 1. The molecule has 0 aromatic carbocycles. The van der Waals surface area contributed by atoms with E-state index in [0.717, 1.165) is 44.5 Å². The summed E-state index contributed by atoms with van der Waals surface area (Å²) in [5.74, 6) is 0.657. The molecule has 0 bridgehead atoms. The van der Waals surface area contributed by atoms with Crippen molar-refractivity contribution >= 4 is 17.8 Å². The summed E-state index contributed by atoms with van der Waals surface area (Å²) in [6.45, 7) is 0.906. The fourth-order valence-corrected chi connectivity index (χ4v) is 3.43. The number of nitrogens with one attached hydrogen (secondary N) is 1. The minimum absolute atomic E-state index is 0.263. The van der Waals surface area contributed by atoms with E-state index in [4.69, 9.17) is 4.74 Å². The zero-order valence-corrected chi connectivity index (χ0v) is 14.6. The summed E-state index contributed by atoms with van der Waals surface area (Å²) in [7, 11) is 0. The van der Waals surface area contributed by atoms with E-state index >= 15 is 0 Å². The Bertz CT molecular complexity index is 767. The number of aromatic nitrogens is 3. The molecule has 26 heavy (non-hydrogen) atoms. The van der Waals surface area contributed by atoms with Crippen molar-refractivity contribution < 1.29 is 13.9 Å². The highest BCUT2D eigenvalue weighted by molar-refractivity contribution is 5.83. The van der Waals surface area contributed by atoms with Gasteiger partial charge < -0.3 is 10.1 Å². The molecule has 0 radical (unpaired) electrons. The van der Waals surface area contributed by atoms with Crippen molar-refractivity contribution in [2.45, 2.75) is 50.7 Å². The van der Waals surface area contributed by atoms with Gasteiger partial charge in [-0.15, -0.1) is 0 Å². The lowest BCUT2D eigenvalue weighted by Gasteiger charge is -2.28. The molecule has 2 aromatic rings. The van der Waals surface area contributed by atoms with E-state index in [2.05, 4.69) is 15.4 Å². The quantitative estimate of drug-likeness (QED) is 0.601. The standard InChI is InChI=1S/C19H23FN4O2/c20-18-9-15(7-8-21-18)22-19-14(11-25)10-24(23-19)16-3-5-17(6-4-16)26-12-13-1-2-13/h7-11,13,16-17H,1-6,12H2,(H,21,22,23). The van der Waals surface area contributed by atoms with Crippen LogP contribution in [0.3, 0.4) is 0 Å². The summed E-state index contributed by atoms with van der Waals surface area (Å²) >= 11 is 0. The van der Waals surface area contributed by atoms with Crippen molar-refractivity contribution in [1.29, 1.82) is 0 Å². The number of aldehydes is 1. The Morgan fingerprint density at radius 1 is 1.27 bits per heavy atom. The smallest absolute Gasteiger partial charge is 0.214 e. The Morgan fingerprint density at radius 3 is 2.77 bits per heavy atom. The lowest BCUT2D eigenvalue weighted by atomic mass is 9.93. The van der Waals surface area contributed by atoms with Gasteiger partial charge in [-0.05, 0) is 50.5 Å². The number of hydrogen-bond donors (Lipinski definition) is 1. The average Bonchev–Trinajstić information content (AvgIpc) is 3.40. The second kappa shape index (κ2) is 7.53. The monoisotopic (exact) mass is 358 g/mol. The van der Waals surface area contributed by atoms with Crippen molar-refractivity contribution in [3.63, 3.8) is 0 Å². The average molecular weight is 358 g/mol. The van der Waals surface area contributed by atoms with Crippen LogP contribution in [0.4, 0.5) is 15.9 Å². The predicted molar refractivity (Wildman–Crippen MR) is 95.1 cm³/mol. The number of ether oxygens (including phenoxy) is 1. The number of anilines is 2. The highest BCUT2D eigenvalue weighted by Gasteiger charge is 2.27. The van der Waals surface area contributed by atoms with E-state index in [-0.39, 0.29) is 6.04 Å². The van der Waals surface area contributed by atoms with Gasteiger partial charge in [0, 0.05) is 30.8 Å². The SMILES string of the molecule is O=Cc1cn(C2CCC(OCC3CC3)CC2)nc1Nc1ccnc(F)c1. The molecule has 0 aliphatic heterocycles. The molecule has 0 spiro atoms. The van der Waals surface area contributed by atoms with Crippen molar-refractivity contribution in [2.75, 3.05) is 11.9 Å². The highest BCUT2D eigenvalue weighted by atomic mass is 19.1. The number of halogens is 1. The first-order valence-electron chi connectivity index (χ1n) is 9.26. The van der Waals surface area contributed by atoms with E-state index in [9.17, 15) is 9.18 Å². The van der Waals surface area contributed by atoms with Gasteiger partial charge in [0.1, 0.15) is 0 Å². The predicted octanol–water partition coefficient (Wildman–Crippen LogP) is 3.88. The summed E-state index contributed by atoms with van der Waals surface area (Å²) in [5, 5.41) is 7.53. The van der Waals surface area contributed by atoms with Gasteiger partial charge in [-0.3, -0.25) is 9.48 Å². The summed E-state index contributed by atoms with van der Waals surface area (Å²) in [6.07, 6.45) is 10.9. The van der Waals surface area contributed by atoms with E-state index in [1.54, 1.807) is 12.3 Å². The van der Waals surface area contributed by atoms with Gasteiger partial charge in [-0.25, -0.2) is 4.98 Å². The fourth-order valence-electron chi connectivity index (χ4n) is 3.43. The first-order chi connectivity index (χ1) is 12.7. The lowest BCUT2D eigenvalue weighted by Crippen LogP contribution is -2.24. The Hall–Kier alpha value is -2.28. The van der Waals surface area contributed by atoms with Crippen LogP contribution in [0.2, 0.25) is 0 Å². The molecule has 0 amide bonds. The van der Waals surface area contributed by atoms with Gasteiger partial charge in [0.05, 0.1) is 17.7 Å². The Balaban J connectivity index is 1.39. The van der Waals surface area contributed by atoms with E-state index < -0.39 is 5.95 Å². The highest BCUT2D eigenvalue weighted by Crippen LogP contribution is 2.34. The zero-order chi connectivity index (χ0) is 17.9. The van der Waals surface area contributed by atoms with Crippen molar-refractivity contribution in [3.8, 4) is 0 Å². The van der Waals surface area contributed by atoms with E-state index in [1.807, 2.05) is 4.68 Å². The number of rotatable bonds is 7. The van der Waals surface area contributed by atoms with Crippen LogP contribution in [0.25, 0.3) is 0 Å². The maximum absolute atomic E-state index is 13.2. The minimum Gasteiger partial charge on any atom is -0.378 e. The van der Waals surface area contributed by atoms with Crippen molar-refractivity contribution in [1.82, 2.24) is 14.8 Å². The Kier molecular flexibility index (Phi) is 4.97. The molecule has 2 aliphatic rings. The molecule has 4 rings (SSSR count). The molecule has 1 N–H and O–H groups in total. The lowest BCUT2D eigenvalue weighted by molar-refractivity contribution is 0.0127. The molecule has 138 valence electrons. The third-order valence-corrected chi connectivity index (χ3v) is 5.16. The topological polar surface area (TPSA) is 69.0 Å². The number of carbonyl (C=O) groups is 1. The van der Waals surface area contributed by atoms with Gasteiger partial charge >= 0.3 is 0 Å². The third-order valence-electron chi connectivity index (χ3n) is 5.16. The second-order valence-electron chi connectivity index (χ2n) is 7.23. The van der Waals surface area contributed by atoms with Crippen LogP contribution in [0, 0.1) is 11.9 Å². The summed E-state index contributed by atoms with van der Waals surface area (Å²) in [6, 6.07) is 3.17. The summed E-state index contributed by atoms with van der Waals surface area (Å²) in [5.41, 5.74) is 0.984. The van der Waals surface area contributed by atoms with Gasteiger partial charge in [-0.1, -0.05) is 0 Å². The third kappa shape index (κ3) is 4.09. The molecule has 0 atom stereocenters. The fraction of sp³-hybridized carbons (Fsp3) is 0.526.